The monoisotopic (exact) mass is 353 g/mol. The van der Waals surface area contributed by atoms with Crippen LogP contribution in [0.1, 0.15) is 26.3 Å². The fraction of sp³-hybridized carbons (Fsp3) is 0.286. The van der Waals surface area contributed by atoms with Crippen molar-refractivity contribution in [3.63, 3.8) is 0 Å². The zero-order valence-corrected chi connectivity index (χ0v) is 15.5. The van der Waals surface area contributed by atoms with E-state index in [9.17, 15) is 4.79 Å². The minimum Gasteiger partial charge on any atom is -0.493 e. The van der Waals surface area contributed by atoms with Gasteiger partial charge in [-0.15, -0.1) is 0 Å². The molecule has 0 aliphatic rings. The Balaban J connectivity index is 1.92. The van der Waals surface area contributed by atoms with Crippen LogP contribution in [0.5, 0.6) is 11.5 Å². The molecule has 0 atom stereocenters. The highest BCUT2D eigenvalue weighted by Gasteiger charge is 2.20. The predicted octanol–water partition coefficient (Wildman–Crippen LogP) is 5.01. The zero-order chi connectivity index (χ0) is 18.7. The fourth-order valence-electron chi connectivity index (χ4n) is 2.62. The number of aromatic nitrogens is 1. The first-order valence-corrected chi connectivity index (χ1v) is 8.46. The van der Waals surface area contributed by atoms with Crippen molar-refractivity contribution in [2.24, 2.45) is 0 Å². The molecule has 2 aromatic carbocycles. The van der Waals surface area contributed by atoms with Gasteiger partial charge in [0, 0.05) is 17.6 Å². The first-order valence-electron chi connectivity index (χ1n) is 8.46. The van der Waals surface area contributed by atoms with Crippen molar-refractivity contribution in [2.75, 3.05) is 7.11 Å². The highest BCUT2D eigenvalue weighted by molar-refractivity contribution is 5.91. The average Bonchev–Trinajstić information content (AvgIpc) is 3.01. The SMILES string of the molecule is COc1cc2ccn(C(=O)OC(C)(C)C)c2cc1OCc1ccccc1. The Morgan fingerprint density at radius 3 is 2.42 bits per heavy atom. The summed E-state index contributed by atoms with van der Waals surface area (Å²) in [6, 6.07) is 15.4. The van der Waals surface area contributed by atoms with E-state index in [1.165, 1.54) is 4.57 Å². The van der Waals surface area contributed by atoms with Crippen LogP contribution in [0.4, 0.5) is 4.79 Å². The molecule has 0 aliphatic carbocycles. The Morgan fingerprint density at radius 1 is 1.04 bits per heavy atom. The average molecular weight is 353 g/mol. The van der Waals surface area contributed by atoms with Crippen molar-refractivity contribution in [3.05, 3.63) is 60.3 Å². The summed E-state index contributed by atoms with van der Waals surface area (Å²) in [6.07, 6.45) is 1.27. The van der Waals surface area contributed by atoms with Gasteiger partial charge >= 0.3 is 6.09 Å². The van der Waals surface area contributed by atoms with E-state index in [0.29, 0.717) is 23.6 Å². The molecule has 0 N–H and O–H groups in total. The molecule has 0 aliphatic heterocycles. The highest BCUT2D eigenvalue weighted by atomic mass is 16.6. The first-order chi connectivity index (χ1) is 12.4. The van der Waals surface area contributed by atoms with E-state index in [1.807, 2.05) is 63.2 Å². The van der Waals surface area contributed by atoms with Gasteiger partial charge in [0.2, 0.25) is 0 Å². The summed E-state index contributed by atoms with van der Waals surface area (Å²) in [5.41, 5.74) is 1.20. The molecular formula is C21H23NO4. The van der Waals surface area contributed by atoms with Gasteiger partial charge in [0.15, 0.2) is 11.5 Å². The largest absolute Gasteiger partial charge is 0.493 e. The summed E-state index contributed by atoms with van der Waals surface area (Å²) < 4.78 is 18.3. The Bertz CT molecular complexity index is 907. The van der Waals surface area contributed by atoms with E-state index < -0.39 is 11.7 Å². The number of hydrogen-bond acceptors (Lipinski definition) is 4. The van der Waals surface area contributed by atoms with Crippen LogP contribution >= 0.6 is 0 Å². The summed E-state index contributed by atoms with van der Waals surface area (Å²) in [5, 5.41) is 0.875. The maximum atomic E-state index is 12.4. The maximum absolute atomic E-state index is 12.4. The third-order valence-corrected chi connectivity index (χ3v) is 3.80. The standard InChI is InChI=1S/C21H23NO4/c1-21(2,3)26-20(23)22-11-10-16-12-18(24-4)19(13-17(16)22)25-14-15-8-6-5-7-9-15/h5-13H,14H2,1-4H3. The van der Waals surface area contributed by atoms with Crippen molar-refractivity contribution in [1.82, 2.24) is 4.57 Å². The van der Waals surface area contributed by atoms with Crippen molar-refractivity contribution in [1.29, 1.82) is 0 Å². The van der Waals surface area contributed by atoms with Gasteiger partial charge in [0.25, 0.3) is 0 Å². The number of rotatable bonds is 4. The van der Waals surface area contributed by atoms with Crippen molar-refractivity contribution < 1.29 is 19.0 Å². The second-order valence-electron chi connectivity index (χ2n) is 7.00. The van der Waals surface area contributed by atoms with Crippen molar-refractivity contribution in [3.8, 4) is 11.5 Å². The first kappa shape index (κ1) is 17.9. The van der Waals surface area contributed by atoms with Crippen molar-refractivity contribution >= 4 is 17.0 Å². The molecule has 0 saturated heterocycles. The predicted molar refractivity (Wildman–Crippen MR) is 101 cm³/mol. The van der Waals surface area contributed by atoms with E-state index in [-0.39, 0.29) is 0 Å². The van der Waals surface area contributed by atoms with Crippen LogP contribution in [0.2, 0.25) is 0 Å². The maximum Gasteiger partial charge on any atom is 0.418 e. The molecule has 0 bridgehead atoms. The van der Waals surface area contributed by atoms with Gasteiger partial charge in [-0.05, 0) is 38.5 Å². The molecule has 3 aromatic rings. The number of hydrogen-bond donors (Lipinski definition) is 0. The topological polar surface area (TPSA) is 49.7 Å². The number of carbonyl (C=O) groups excluding carboxylic acids is 1. The lowest BCUT2D eigenvalue weighted by Gasteiger charge is -2.20. The summed E-state index contributed by atoms with van der Waals surface area (Å²) in [7, 11) is 1.60. The van der Waals surface area contributed by atoms with Gasteiger partial charge in [-0.3, -0.25) is 4.57 Å². The van der Waals surface area contributed by atoms with Gasteiger partial charge in [-0.2, -0.15) is 0 Å². The third kappa shape index (κ3) is 3.99. The summed E-state index contributed by atoms with van der Waals surface area (Å²) in [4.78, 5) is 12.4. The Morgan fingerprint density at radius 2 is 1.77 bits per heavy atom. The molecule has 0 spiro atoms. The van der Waals surface area contributed by atoms with Crippen LogP contribution in [0.3, 0.4) is 0 Å². The minimum absolute atomic E-state index is 0.413. The summed E-state index contributed by atoms with van der Waals surface area (Å²) >= 11 is 0. The number of methoxy groups -OCH3 is 1. The second-order valence-corrected chi connectivity index (χ2v) is 7.00. The van der Waals surface area contributed by atoms with E-state index in [2.05, 4.69) is 0 Å². The van der Waals surface area contributed by atoms with E-state index in [4.69, 9.17) is 14.2 Å². The molecule has 5 heteroatoms. The molecule has 0 saturated carbocycles. The lowest BCUT2D eigenvalue weighted by Crippen LogP contribution is -2.26. The normalized spacial score (nSPS) is 11.4. The Hall–Kier alpha value is -2.95. The molecule has 1 heterocycles. The van der Waals surface area contributed by atoms with Gasteiger partial charge in [0.1, 0.15) is 12.2 Å². The quantitative estimate of drug-likeness (QED) is 0.661. The lowest BCUT2D eigenvalue weighted by molar-refractivity contribution is 0.0544. The molecule has 136 valence electrons. The molecule has 5 nitrogen and oxygen atoms in total. The van der Waals surface area contributed by atoms with Crippen LogP contribution < -0.4 is 9.47 Å². The molecule has 0 fully saturated rings. The molecule has 26 heavy (non-hydrogen) atoms. The summed E-state index contributed by atoms with van der Waals surface area (Å²) in [6.45, 7) is 5.94. The lowest BCUT2D eigenvalue weighted by atomic mass is 10.2. The number of carbonyl (C=O) groups is 1. The van der Waals surface area contributed by atoms with Crippen LogP contribution in [-0.4, -0.2) is 23.4 Å². The molecule has 1 aromatic heterocycles. The number of fused-ring (bicyclic) bond motifs is 1. The molecule has 0 unspecified atom stereocenters. The third-order valence-electron chi connectivity index (χ3n) is 3.80. The van der Waals surface area contributed by atoms with E-state index in [0.717, 1.165) is 10.9 Å². The van der Waals surface area contributed by atoms with Gasteiger partial charge in [-0.1, -0.05) is 30.3 Å². The fourth-order valence-corrected chi connectivity index (χ4v) is 2.62. The van der Waals surface area contributed by atoms with Crippen LogP contribution in [-0.2, 0) is 11.3 Å². The molecular weight excluding hydrogens is 330 g/mol. The Labute approximate surface area is 153 Å². The van der Waals surface area contributed by atoms with E-state index >= 15 is 0 Å². The van der Waals surface area contributed by atoms with Crippen LogP contribution in [0, 0.1) is 0 Å². The molecule has 0 radical (unpaired) electrons. The van der Waals surface area contributed by atoms with Crippen LogP contribution in [0.25, 0.3) is 10.9 Å². The second kappa shape index (κ2) is 7.12. The number of benzene rings is 2. The van der Waals surface area contributed by atoms with Gasteiger partial charge < -0.3 is 14.2 Å². The summed E-state index contributed by atoms with van der Waals surface area (Å²) in [5.74, 6) is 1.20. The molecule has 0 amide bonds. The zero-order valence-electron chi connectivity index (χ0n) is 15.5. The molecule has 3 rings (SSSR count). The highest BCUT2D eigenvalue weighted by Crippen LogP contribution is 2.33. The van der Waals surface area contributed by atoms with E-state index in [1.54, 1.807) is 19.4 Å². The number of nitrogens with zero attached hydrogens (tertiary/aromatic N) is 1. The van der Waals surface area contributed by atoms with Crippen molar-refractivity contribution in [2.45, 2.75) is 33.0 Å². The van der Waals surface area contributed by atoms with Gasteiger partial charge in [-0.25, -0.2) is 4.79 Å². The van der Waals surface area contributed by atoms with Gasteiger partial charge in [0.05, 0.1) is 12.6 Å². The smallest absolute Gasteiger partial charge is 0.418 e. The van der Waals surface area contributed by atoms with Crippen LogP contribution in [0.15, 0.2) is 54.7 Å². The number of ether oxygens (including phenoxy) is 3. The Kier molecular flexibility index (Phi) is 4.89. The minimum atomic E-state index is -0.563.